The largest absolute Gasteiger partial charge is 0.365 e. The fourth-order valence-corrected chi connectivity index (χ4v) is 2.02. The van der Waals surface area contributed by atoms with Crippen LogP contribution in [0.4, 0.5) is 5.82 Å². The Kier molecular flexibility index (Phi) is 2.68. The summed E-state index contributed by atoms with van der Waals surface area (Å²) >= 11 is 0. The lowest BCUT2D eigenvalue weighted by molar-refractivity contribution is 1.09. The Morgan fingerprint density at radius 2 is 2.22 bits per heavy atom. The number of pyridine rings is 2. The molecule has 0 atom stereocenters. The SMILES string of the molecule is Cc1cc2c(NCc3cccnc3)nccc2[nH]1. The molecule has 0 saturated heterocycles. The van der Waals surface area contributed by atoms with E-state index in [4.69, 9.17) is 0 Å². The third kappa shape index (κ3) is 2.05. The van der Waals surface area contributed by atoms with Crippen molar-refractivity contribution in [1.82, 2.24) is 15.0 Å². The number of H-pyrrole nitrogens is 1. The average molecular weight is 238 g/mol. The van der Waals surface area contributed by atoms with Crippen LogP contribution in [0, 0.1) is 6.92 Å². The molecule has 4 heteroatoms. The summed E-state index contributed by atoms with van der Waals surface area (Å²) in [4.78, 5) is 11.8. The summed E-state index contributed by atoms with van der Waals surface area (Å²) in [7, 11) is 0. The Balaban J connectivity index is 1.86. The van der Waals surface area contributed by atoms with Crippen molar-refractivity contribution in [2.24, 2.45) is 0 Å². The van der Waals surface area contributed by atoms with Crippen LogP contribution in [-0.4, -0.2) is 15.0 Å². The molecule has 18 heavy (non-hydrogen) atoms. The van der Waals surface area contributed by atoms with E-state index < -0.39 is 0 Å². The van der Waals surface area contributed by atoms with Gasteiger partial charge in [0.25, 0.3) is 0 Å². The minimum absolute atomic E-state index is 0.726. The van der Waals surface area contributed by atoms with Crippen LogP contribution in [0.1, 0.15) is 11.3 Å². The fourth-order valence-electron chi connectivity index (χ4n) is 2.02. The maximum absolute atomic E-state index is 4.38. The van der Waals surface area contributed by atoms with E-state index in [-0.39, 0.29) is 0 Å². The second-order valence-electron chi connectivity index (χ2n) is 4.29. The van der Waals surface area contributed by atoms with Gasteiger partial charge < -0.3 is 10.3 Å². The standard InChI is InChI=1S/C14H14N4/c1-10-7-12-13(18-10)4-6-16-14(12)17-9-11-3-2-5-15-8-11/h2-8,18H,9H2,1H3,(H,16,17). The van der Waals surface area contributed by atoms with Gasteiger partial charge in [-0.3, -0.25) is 4.98 Å². The molecule has 0 aromatic carbocycles. The normalized spacial score (nSPS) is 10.7. The van der Waals surface area contributed by atoms with E-state index in [1.165, 1.54) is 0 Å². The van der Waals surface area contributed by atoms with Crippen LogP contribution in [0.3, 0.4) is 0 Å². The predicted octanol–water partition coefficient (Wildman–Crippen LogP) is 2.88. The number of hydrogen-bond donors (Lipinski definition) is 2. The molecule has 3 heterocycles. The van der Waals surface area contributed by atoms with Crippen molar-refractivity contribution in [2.75, 3.05) is 5.32 Å². The van der Waals surface area contributed by atoms with E-state index in [9.17, 15) is 0 Å². The third-order valence-corrected chi connectivity index (χ3v) is 2.87. The number of aromatic amines is 1. The molecule has 0 amide bonds. The van der Waals surface area contributed by atoms with Gasteiger partial charge in [-0.15, -0.1) is 0 Å². The van der Waals surface area contributed by atoms with Gasteiger partial charge in [0, 0.05) is 36.2 Å². The Morgan fingerprint density at radius 1 is 1.28 bits per heavy atom. The van der Waals surface area contributed by atoms with E-state index in [1.807, 2.05) is 37.5 Å². The van der Waals surface area contributed by atoms with Gasteiger partial charge >= 0.3 is 0 Å². The highest BCUT2D eigenvalue weighted by molar-refractivity contribution is 5.90. The van der Waals surface area contributed by atoms with Gasteiger partial charge in [-0.1, -0.05) is 6.07 Å². The summed E-state index contributed by atoms with van der Waals surface area (Å²) in [5.74, 6) is 0.903. The number of fused-ring (bicyclic) bond motifs is 1. The first-order valence-electron chi connectivity index (χ1n) is 5.90. The van der Waals surface area contributed by atoms with Crippen molar-refractivity contribution in [2.45, 2.75) is 13.5 Å². The quantitative estimate of drug-likeness (QED) is 0.737. The number of nitrogens with zero attached hydrogens (tertiary/aromatic N) is 2. The highest BCUT2D eigenvalue weighted by Crippen LogP contribution is 2.21. The van der Waals surface area contributed by atoms with Gasteiger partial charge in [0.2, 0.25) is 0 Å². The Labute approximate surface area is 105 Å². The molecule has 0 saturated carbocycles. The van der Waals surface area contributed by atoms with Gasteiger partial charge in [-0.2, -0.15) is 0 Å². The number of aryl methyl sites for hydroxylation is 1. The summed E-state index contributed by atoms with van der Waals surface area (Å²) in [5.41, 5.74) is 3.39. The number of hydrogen-bond acceptors (Lipinski definition) is 3. The Morgan fingerprint density at radius 3 is 3.06 bits per heavy atom. The zero-order chi connectivity index (χ0) is 12.4. The second-order valence-corrected chi connectivity index (χ2v) is 4.29. The first-order chi connectivity index (χ1) is 8.83. The van der Waals surface area contributed by atoms with Crippen molar-refractivity contribution >= 4 is 16.7 Å². The minimum atomic E-state index is 0.726. The van der Waals surface area contributed by atoms with Crippen LogP contribution in [0.15, 0.2) is 42.9 Å². The van der Waals surface area contributed by atoms with Crippen LogP contribution >= 0.6 is 0 Å². The van der Waals surface area contributed by atoms with E-state index in [0.717, 1.165) is 34.5 Å². The molecule has 0 spiro atoms. The maximum atomic E-state index is 4.38. The van der Waals surface area contributed by atoms with Crippen molar-refractivity contribution in [3.63, 3.8) is 0 Å². The van der Waals surface area contributed by atoms with Gasteiger partial charge in [-0.25, -0.2) is 4.98 Å². The summed E-state index contributed by atoms with van der Waals surface area (Å²) in [6.07, 6.45) is 5.44. The minimum Gasteiger partial charge on any atom is -0.365 e. The molecule has 90 valence electrons. The first kappa shape index (κ1) is 10.8. The third-order valence-electron chi connectivity index (χ3n) is 2.87. The molecule has 3 rings (SSSR count). The van der Waals surface area contributed by atoms with E-state index in [2.05, 4.69) is 26.3 Å². The molecule has 0 fully saturated rings. The predicted molar refractivity (Wildman–Crippen MR) is 72.4 cm³/mol. The van der Waals surface area contributed by atoms with Crippen LogP contribution < -0.4 is 5.32 Å². The molecule has 0 radical (unpaired) electrons. The van der Waals surface area contributed by atoms with Gasteiger partial charge in [0.15, 0.2) is 0 Å². The number of nitrogens with one attached hydrogen (secondary N) is 2. The van der Waals surface area contributed by atoms with Crippen molar-refractivity contribution in [3.8, 4) is 0 Å². The molecule has 0 aliphatic rings. The van der Waals surface area contributed by atoms with Crippen molar-refractivity contribution < 1.29 is 0 Å². The summed E-state index contributed by atoms with van der Waals surface area (Å²) < 4.78 is 0. The van der Waals surface area contributed by atoms with E-state index >= 15 is 0 Å². The fraction of sp³-hybridized carbons (Fsp3) is 0.143. The molecule has 0 bridgehead atoms. The van der Waals surface area contributed by atoms with Crippen LogP contribution in [0.5, 0.6) is 0 Å². The zero-order valence-corrected chi connectivity index (χ0v) is 10.1. The van der Waals surface area contributed by atoms with Crippen LogP contribution in [-0.2, 0) is 6.54 Å². The monoisotopic (exact) mass is 238 g/mol. The van der Waals surface area contributed by atoms with Crippen molar-refractivity contribution in [1.29, 1.82) is 0 Å². The number of rotatable bonds is 3. The summed E-state index contributed by atoms with van der Waals surface area (Å²) in [5, 5.41) is 4.47. The average Bonchev–Trinajstić information content (AvgIpc) is 2.78. The molecule has 0 aliphatic carbocycles. The molecular formula is C14H14N4. The summed E-state index contributed by atoms with van der Waals surface area (Å²) in [6, 6.07) is 8.07. The molecule has 0 unspecified atom stereocenters. The van der Waals surface area contributed by atoms with Crippen LogP contribution in [0.2, 0.25) is 0 Å². The molecule has 4 nitrogen and oxygen atoms in total. The number of aromatic nitrogens is 3. The zero-order valence-electron chi connectivity index (χ0n) is 10.1. The first-order valence-corrected chi connectivity index (χ1v) is 5.90. The molecule has 2 N–H and O–H groups in total. The Bertz CT molecular complexity index is 658. The summed E-state index contributed by atoms with van der Waals surface area (Å²) in [6.45, 7) is 2.77. The highest BCUT2D eigenvalue weighted by Gasteiger charge is 2.04. The maximum Gasteiger partial charge on any atom is 0.135 e. The van der Waals surface area contributed by atoms with Gasteiger partial charge in [-0.05, 0) is 30.7 Å². The molecular weight excluding hydrogens is 224 g/mol. The molecule has 3 aromatic heterocycles. The lowest BCUT2D eigenvalue weighted by Crippen LogP contribution is -2.01. The smallest absolute Gasteiger partial charge is 0.135 e. The van der Waals surface area contributed by atoms with Gasteiger partial charge in [0.05, 0.1) is 5.52 Å². The lowest BCUT2D eigenvalue weighted by Gasteiger charge is -2.06. The van der Waals surface area contributed by atoms with E-state index in [0.29, 0.717) is 0 Å². The second kappa shape index (κ2) is 4.49. The number of anilines is 1. The lowest BCUT2D eigenvalue weighted by atomic mass is 10.2. The molecule has 0 aliphatic heterocycles. The topological polar surface area (TPSA) is 53.6 Å². The van der Waals surface area contributed by atoms with Crippen LogP contribution in [0.25, 0.3) is 10.9 Å². The van der Waals surface area contributed by atoms with Gasteiger partial charge in [0.1, 0.15) is 5.82 Å². The van der Waals surface area contributed by atoms with E-state index in [1.54, 1.807) is 6.20 Å². The molecule has 3 aromatic rings. The Hall–Kier alpha value is -2.36. The highest BCUT2D eigenvalue weighted by atomic mass is 15.0. The van der Waals surface area contributed by atoms with Crippen molar-refractivity contribution in [3.05, 3.63) is 54.1 Å².